The van der Waals surface area contributed by atoms with Crippen LogP contribution in [0.1, 0.15) is 11.3 Å². The number of nitrogens with zero attached hydrogens (tertiary/aromatic N) is 2. The van der Waals surface area contributed by atoms with Crippen molar-refractivity contribution < 1.29 is 0 Å². The molecule has 0 aliphatic rings. The van der Waals surface area contributed by atoms with Crippen molar-refractivity contribution in [2.45, 2.75) is 13.5 Å². The van der Waals surface area contributed by atoms with Crippen LogP contribution in [0.3, 0.4) is 0 Å². The molecule has 0 amide bonds. The monoisotopic (exact) mass is 299 g/mol. The number of nitrogens with one attached hydrogen (secondary N) is 1. The highest BCUT2D eigenvalue weighted by atomic mass is 35.5. The Morgan fingerprint density at radius 2 is 1.95 bits per heavy atom. The Kier molecular flexibility index (Phi) is 3.62. The minimum Gasteiger partial charge on any atom is -0.379 e. The van der Waals surface area contributed by atoms with Gasteiger partial charge in [-0.1, -0.05) is 17.7 Å². The summed E-state index contributed by atoms with van der Waals surface area (Å²) in [4.78, 5) is 16.6. The predicted octanol–water partition coefficient (Wildman–Crippen LogP) is 3.27. The fraction of sp³-hybridized carbons (Fsp3) is 0.125. The van der Waals surface area contributed by atoms with Crippen molar-refractivity contribution >= 4 is 22.9 Å². The van der Waals surface area contributed by atoms with Gasteiger partial charge in [0.1, 0.15) is 5.65 Å². The van der Waals surface area contributed by atoms with Gasteiger partial charge in [0.2, 0.25) is 0 Å². The zero-order chi connectivity index (χ0) is 14.8. The number of aryl methyl sites for hydroxylation is 1. The quantitative estimate of drug-likeness (QED) is 0.807. The maximum atomic E-state index is 12.1. The molecule has 106 valence electrons. The molecule has 21 heavy (non-hydrogen) atoms. The van der Waals surface area contributed by atoms with Gasteiger partial charge in [-0.15, -0.1) is 0 Å². The highest BCUT2D eigenvalue weighted by Gasteiger charge is 2.02. The Morgan fingerprint density at radius 3 is 2.71 bits per heavy atom. The third-order valence-electron chi connectivity index (χ3n) is 3.18. The zero-order valence-electron chi connectivity index (χ0n) is 11.5. The van der Waals surface area contributed by atoms with Crippen molar-refractivity contribution in [2.24, 2.45) is 0 Å². The lowest BCUT2D eigenvalue weighted by atomic mass is 10.3. The summed E-state index contributed by atoms with van der Waals surface area (Å²) in [5.41, 5.74) is 3.25. The number of rotatable bonds is 3. The number of hydrogen-bond donors (Lipinski definition) is 1. The Labute approximate surface area is 127 Å². The molecule has 3 rings (SSSR count). The fourth-order valence-electron chi connectivity index (χ4n) is 2.11. The number of hydrogen-bond acceptors (Lipinski definition) is 3. The molecule has 2 heterocycles. The second-order valence-electron chi connectivity index (χ2n) is 4.88. The summed E-state index contributed by atoms with van der Waals surface area (Å²) < 4.78 is 1.56. The first-order valence-electron chi connectivity index (χ1n) is 6.60. The van der Waals surface area contributed by atoms with Gasteiger partial charge in [-0.3, -0.25) is 9.20 Å². The van der Waals surface area contributed by atoms with E-state index in [-0.39, 0.29) is 5.56 Å². The third kappa shape index (κ3) is 3.06. The van der Waals surface area contributed by atoms with E-state index >= 15 is 0 Å². The van der Waals surface area contributed by atoms with Crippen molar-refractivity contribution in [1.29, 1.82) is 0 Å². The van der Waals surface area contributed by atoms with Gasteiger partial charge in [-0.25, -0.2) is 4.98 Å². The SMILES string of the molecule is Cc1ccc2nc(CNc3ccc(Cl)cc3)cc(=O)n2c1. The number of aromatic nitrogens is 2. The Balaban J connectivity index is 1.86. The molecule has 0 radical (unpaired) electrons. The van der Waals surface area contributed by atoms with Crippen LogP contribution < -0.4 is 10.9 Å². The normalized spacial score (nSPS) is 10.8. The van der Waals surface area contributed by atoms with E-state index in [1.807, 2.05) is 43.3 Å². The van der Waals surface area contributed by atoms with Gasteiger partial charge >= 0.3 is 0 Å². The standard InChI is InChI=1S/C16H14ClN3O/c1-11-2-7-15-19-14(8-16(21)20(15)10-11)9-18-13-5-3-12(17)4-6-13/h2-8,10,18H,9H2,1H3. The minimum atomic E-state index is -0.0726. The molecular formula is C16H14ClN3O. The van der Waals surface area contributed by atoms with E-state index in [0.29, 0.717) is 22.9 Å². The van der Waals surface area contributed by atoms with Gasteiger partial charge in [0.25, 0.3) is 5.56 Å². The van der Waals surface area contributed by atoms with Crippen LogP contribution in [0.2, 0.25) is 5.02 Å². The molecule has 2 aromatic heterocycles. The summed E-state index contributed by atoms with van der Waals surface area (Å²) in [5.74, 6) is 0. The second kappa shape index (κ2) is 5.58. The molecule has 0 aliphatic carbocycles. The lowest BCUT2D eigenvalue weighted by molar-refractivity contribution is 0.965. The number of halogens is 1. The number of anilines is 1. The van der Waals surface area contributed by atoms with Gasteiger partial charge in [0, 0.05) is 23.0 Å². The highest BCUT2D eigenvalue weighted by Crippen LogP contribution is 2.14. The summed E-state index contributed by atoms with van der Waals surface area (Å²) in [7, 11) is 0. The van der Waals surface area contributed by atoms with Crippen molar-refractivity contribution in [3.8, 4) is 0 Å². The number of pyridine rings is 1. The van der Waals surface area contributed by atoms with Gasteiger partial charge in [0.15, 0.2) is 0 Å². The average molecular weight is 300 g/mol. The number of fused-ring (bicyclic) bond motifs is 1. The Hall–Kier alpha value is -2.33. The van der Waals surface area contributed by atoms with Crippen LogP contribution in [-0.2, 0) is 6.54 Å². The fourth-order valence-corrected chi connectivity index (χ4v) is 2.24. The maximum absolute atomic E-state index is 12.1. The van der Waals surface area contributed by atoms with Crippen LogP contribution in [0.5, 0.6) is 0 Å². The van der Waals surface area contributed by atoms with Crippen LogP contribution in [-0.4, -0.2) is 9.38 Å². The number of benzene rings is 1. The molecule has 0 aliphatic heterocycles. The molecule has 3 aromatic rings. The Morgan fingerprint density at radius 1 is 1.19 bits per heavy atom. The van der Waals surface area contributed by atoms with E-state index in [9.17, 15) is 4.79 Å². The molecule has 0 atom stereocenters. The lowest BCUT2D eigenvalue weighted by Crippen LogP contribution is -2.17. The zero-order valence-corrected chi connectivity index (χ0v) is 12.3. The molecule has 1 aromatic carbocycles. The Bertz CT molecular complexity index is 840. The summed E-state index contributed by atoms with van der Waals surface area (Å²) in [6, 6.07) is 12.7. The van der Waals surface area contributed by atoms with Gasteiger partial charge < -0.3 is 5.32 Å². The van der Waals surface area contributed by atoms with Crippen molar-refractivity contribution in [3.63, 3.8) is 0 Å². The molecule has 0 fully saturated rings. The predicted molar refractivity (Wildman–Crippen MR) is 85.0 cm³/mol. The summed E-state index contributed by atoms with van der Waals surface area (Å²) in [6.07, 6.45) is 1.79. The topological polar surface area (TPSA) is 46.4 Å². The lowest BCUT2D eigenvalue weighted by Gasteiger charge is -2.07. The van der Waals surface area contributed by atoms with Crippen LogP contribution in [0, 0.1) is 6.92 Å². The molecule has 5 heteroatoms. The van der Waals surface area contributed by atoms with Crippen LogP contribution in [0.4, 0.5) is 5.69 Å². The van der Waals surface area contributed by atoms with E-state index in [1.54, 1.807) is 16.7 Å². The average Bonchev–Trinajstić information content (AvgIpc) is 2.47. The first-order chi connectivity index (χ1) is 10.1. The maximum Gasteiger partial charge on any atom is 0.258 e. The molecular weight excluding hydrogens is 286 g/mol. The van der Waals surface area contributed by atoms with Crippen LogP contribution in [0.15, 0.2) is 53.5 Å². The van der Waals surface area contributed by atoms with E-state index in [1.165, 1.54) is 0 Å². The van der Waals surface area contributed by atoms with Gasteiger partial charge in [-0.05, 0) is 42.8 Å². The third-order valence-corrected chi connectivity index (χ3v) is 3.43. The molecule has 0 bridgehead atoms. The van der Waals surface area contributed by atoms with Gasteiger partial charge in [-0.2, -0.15) is 0 Å². The van der Waals surface area contributed by atoms with Crippen molar-refractivity contribution in [3.05, 3.63) is 75.3 Å². The first kappa shape index (κ1) is 13.6. The largest absolute Gasteiger partial charge is 0.379 e. The first-order valence-corrected chi connectivity index (χ1v) is 6.98. The second-order valence-corrected chi connectivity index (χ2v) is 5.32. The minimum absolute atomic E-state index is 0.0726. The van der Waals surface area contributed by atoms with Gasteiger partial charge in [0.05, 0.1) is 12.2 Å². The highest BCUT2D eigenvalue weighted by molar-refractivity contribution is 6.30. The smallest absolute Gasteiger partial charge is 0.258 e. The molecule has 0 unspecified atom stereocenters. The molecule has 0 saturated carbocycles. The molecule has 4 nitrogen and oxygen atoms in total. The van der Waals surface area contributed by atoms with Crippen LogP contribution >= 0.6 is 11.6 Å². The van der Waals surface area contributed by atoms with Crippen LogP contribution in [0.25, 0.3) is 5.65 Å². The van der Waals surface area contributed by atoms with Crippen molar-refractivity contribution in [2.75, 3.05) is 5.32 Å². The van der Waals surface area contributed by atoms with Crippen molar-refractivity contribution in [1.82, 2.24) is 9.38 Å². The summed E-state index contributed by atoms with van der Waals surface area (Å²) in [5, 5.41) is 3.91. The summed E-state index contributed by atoms with van der Waals surface area (Å²) in [6.45, 7) is 2.43. The van der Waals surface area contributed by atoms with E-state index in [4.69, 9.17) is 11.6 Å². The van der Waals surface area contributed by atoms with E-state index in [2.05, 4.69) is 10.3 Å². The van der Waals surface area contributed by atoms with E-state index in [0.717, 1.165) is 11.3 Å². The molecule has 0 spiro atoms. The van der Waals surface area contributed by atoms with E-state index < -0.39 is 0 Å². The summed E-state index contributed by atoms with van der Waals surface area (Å²) >= 11 is 5.84. The molecule has 0 saturated heterocycles. The molecule has 1 N–H and O–H groups in total.